The van der Waals surface area contributed by atoms with Crippen LogP contribution in [0.25, 0.3) is 10.4 Å². The molecule has 6 nitrogen and oxygen atoms in total. The predicted molar refractivity (Wildman–Crippen MR) is 122 cm³/mol. The number of nitrogens with zero attached hydrogens (tertiary/aromatic N) is 2. The number of aromatic hydroxyl groups is 1. The molecule has 4 rings (SSSR count). The molecule has 0 amide bonds. The minimum atomic E-state index is -2.51. The molecule has 9 heteroatoms. The number of carbonyl (C=O) groups is 2. The summed E-state index contributed by atoms with van der Waals surface area (Å²) in [4.78, 5) is 27.4. The minimum Gasteiger partial charge on any atom is -0.508 e. The number of carboxylic acids is 1. The number of fused-ring (bicyclic) bond motifs is 2. The first-order valence-electron chi connectivity index (χ1n) is 10.6. The van der Waals surface area contributed by atoms with Crippen LogP contribution in [0.1, 0.15) is 53.4 Å². The number of halogens is 3. The van der Waals surface area contributed by atoms with Crippen LogP contribution < -0.4 is 0 Å². The molecule has 2 aliphatic carbocycles. The van der Waals surface area contributed by atoms with E-state index in [9.17, 15) is 25.1 Å². The molecule has 2 N–H and O–H groups in total. The van der Waals surface area contributed by atoms with Crippen LogP contribution in [0.2, 0.25) is 0 Å². The third kappa shape index (κ3) is 3.24. The van der Waals surface area contributed by atoms with Gasteiger partial charge in [-0.15, -0.1) is 0 Å². The van der Waals surface area contributed by atoms with E-state index in [1.807, 2.05) is 0 Å². The Morgan fingerprint density at radius 2 is 1.83 bits per heavy atom. The van der Waals surface area contributed by atoms with Gasteiger partial charge in [-0.25, -0.2) is 24.5 Å². The Labute approximate surface area is 203 Å². The lowest BCUT2D eigenvalue weighted by Gasteiger charge is -2.39. The molecule has 0 saturated heterocycles. The fraction of sp³-hybridized carbons (Fsp3) is 0.185. The van der Waals surface area contributed by atoms with Gasteiger partial charge in [-0.05, 0) is 46.6 Å². The van der Waals surface area contributed by atoms with Crippen LogP contribution in [-0.4, -0.2) is 22.0 Å². The van der Waals surface area contributed by atoms with E-state index < -0.39 is 56.8 Å². The molecule has 0 aliphatic heterocycles. The van der Waals surface area contributed by atoms with Gasteiger partial charge < -0.3 is 10.2 Å². The molecule has 0 saturated carbocycles. The number of phenols is 1. The number of ketones is 1. The second-order valence-electron chi connectivity index (χ2n) is 9.11. The molecule has 180 valence electrons. The number of benzene rings is 2. The molecule has 2 aromatic carbocycles. The van der Waals surface area contributed by atoms with Gasteiger partial charge in [-0.1, -0.05) is 26.0 Å². The second kappa shape index (κ2) is 7.96. The summed E-state index contributed by atoms with van der Waals surface area (Å²) < 4.78 is 46.6. The predicted octanol–water partition coefficient (Wildman–Crippen LogP) is 5.32. The van der Waals surface area contributed by atoms with Gasteiger partial charge in [0.15, 0.2) is 23.5 Å². The highest BCUT2D eigenvalue weighted by Crippen LogP contribution is 2.52. The third-order valence-corrected chi connectivity index (χ3v) is 6.59. The number of hydrogen-bond donors (Lipinski definition) is 2. The van der Waals surface area contributed by atoms with Crippen molar-refractivity contribution in [1.82, 2.24) is 0 Å². The zero-order chi connectivity index (χ0) is 26.7. The van der Waals surface area contributed by atoms with Crippen molar-refractivity contribution in [3.8, 4) is 11.8 Å². The first-order valence-corrected chi connectivity index (χ1v) is 10.6. The second-order valence-corrected chi connectivity index (χ2v) is 9.11. The summed E-state index contributed by atoms with van der Waals surface area (Å²) in [7, 11) is 0. The summed E-state index contributed by atoms with van der Waals surface area (Å²) in [5.74, 6) is -8.02. The standard InChI is InChI=1S/C27H17F3N2O4/c1-26(2)16-9-12(33)5-7-14(16)18(15-8-6-13(34)10-17(15)26)19-20(25(35)36)23(29)24(30)21(22(19)28)27(3,11-31)32-4/h5-10,33H,1-3H3,(H,35,36). The SMILES string of the molecule is [C-]#[N+]C(C)(C#N)c1c(F)c(F)c(C(=O)O)c(C2=C3C=CC(=O)C=C3C(C)(C)c3cc(O)ccc32)c1F. The maximum absolute atomic E-state index is 16.2. The van der Waals surface area contributed by atoms with Crippen molar-refractivity contribution >= 4 is 17.3 Å². The average Bonchev–Trinajstić information content (AvgIpc) is 2.82. The van der Waals surface area contributed by atoms with E-state index in [-0.39, 0.29) is 22.5 Å². The van der Waals surface area contributed by atoms with E-state index in [4.69, 9.17) is 6.57 Å². The molecule has 0 bridgehead atoms. The number of nitriles is 1. The van der Waals surface area contributed by atoms with Crippen molar-refractivity contribution in [2.45, 2.75) is 31.7 Å². The lowest BCUT2D eigenvalue weighted by molar-refractivity contribution is -0.110. The van der Waals surface area contributed by atoms with Gasteiger partial charge in [0, 0.05) is 23.5 Å². The highest BCUT2D eigenvalue weighted by atomic mass is 19.2. The lowest BCUT2D eigenvalue weighted by Crippen LogP contribution is -2.30. The van der Waals surface area contributed by atoms with Crippen molar-refractivity contribution in [2.24, 2.45) is 0 Å². The summed E-state index contributed by atoms with van der Waals surface area (Å²) in [6.07, 6.45) is 3.76. The van der Waals surface area contributed by atoms with Crippen LogP contribution >= 0.6 is 0 Å². The fourth-order valence-corrected chi connectivity index (χ4v) is 4.75. The summed E-state index contributed by atoms with van der Waals surface area (Å²) in [6.45, 7) is 11.7. The topological polar surface area (TPSA) is 103 Å². The van der Waals surface area contributed by atoms with E-state index in [1.54, 1.807) is 13.8 Å². The number of carbonyl (C=O) groups excluding carboxylic acids is 1. The molecular formula is C27H17F3N2O4. The monoisotopic (exact) mass is 490 g/mol. The Bertz CT molecular complexity index is 1570. The summed E-state index contributed by atoms with van der Waals surface area (Å²) in [5, 5.41) is 29.5. The van der Waals surface area contributed by atoms with E-state index >= 15 is 13.2 Å². The normalized spacial score (nSPS) is 17.3. The number of aromatic carboxylic acids is 1. The molecule has 0 fully saturated rings. The van der Waals surface area contributed by atoms with Crippen LogP contribution in [0, 0.1) is 35.4 Å². The molecule has 2 aliphatic rings. The van der Waals surface area contributed by atoms with Gasteiger partial charge in [0.2, 0.25) is 0 Å². The first-order chi connectivity index (χ1) is 16.8. The van der Waals surface area contributed by atoms with Gasteiger partial charge in [0.05, 0.1) is 0 Å². The maximum atomic E-state index is 16.2. The molecule has 0 spiro atoms. The minimum absolute atomic E-state index is 0.169. The zero-order valence-corrected chi connectivity index (χ0v) is 19.2. The van der Waals surface area contributed by atoms with Gasteiger partial charge in [0.25, 0.3) is 0 Å². The number of carboxylic acid groups (broad SMARTS) is 1. The Morgan fingerprint density at radius 3 is 2.42 bits per heavy atom. The van der Waals surface area contributed by atoms with Crippen LogP contribution in [0.5, 0.6) is 5.75 Å². The van der Waals surface area contributed by atoms with Crippen molar-refractivity contribution in [1.29, 1.82) is 5.26 Å². The highest BCUT2D eigenvalue weighted by Gasteiger charge is 2.46. The maximum Gasteiger partial charge on any atom is 0.343 e. The summed E-state index contributed by atoms with van der Waals surface area (Å²) in [5.41, 5.74) is -5.97. The lowest BCUT2D eigenvalue weighted by atomic mass is 9.64. The third-order valence-electron chi connectivity index (χ3n) is 6.59. The molecular weight excluding hydrogens is 473 g/mol. The molecule has 0 radical (unpaired) electrons. The summed E-state index contributed by atoms with van der Waals surface area (Å²) >= 11 is 0. The van der Waals surface area contributed by atoms with E-state index in [0.717, 1.165) is 13.0 Å². The van der Waals surface area contributed by atoms with Crippen molar-refractivity contribution < 1.29 is 33.0 Å². The van der Waals surface area contributed by atoms with Gasteiger partial charge in [-0.2, -0.15) is 5.26 Å². The molecule has 0 aromatic heterocycles. The fourth-order valence-electron chi connectivity index (χ4n) is 4.75. The summed E-state index contributed by atoms with van der Waals surface area (Å²) in [6, 6.07) is 5.46. The van der Waals surface area contributed by atoms with Gasteiger partial charge in [0.1, 0.15) is 22.7 Å². The van der Waals surface area contributed by atoms with E-state index in [2.05, 4.69) is 4.85 Å². The Morgan fingerprint density at radius 1 is 1.17 bits per heavy atom. The molecule has 2 aromatic rings. The Kier molecular flexibility index (Phi) is 5.42. The van der Waals surface area contributed by atoms with Crippen molar-refractivity contribution in [3.63, 3.8) is 0 Å². The first kappa shape index (κ1) is 24.5. The van der Waals surface area contributed by atoms with Crippen molar-refractivity contribution in [3.05, 3.63) is 104 Å². The van der Waals surface area contributed by atoms with Crippen molar-refractivity contribution in [2.75, 3.05) is 0 Å². The molecule has 1 unspecified atom stereocenters. The Balaban J connectivity index is 2.30. The molecule has 1 atom stereocenters. The van der Waals surface area contributed by atoms with Crippen LogP contribution in [0.15, 0.2) is 47.6 Å². The largest absolute Gasteiger partial charge is 0.508 e. The molecule has 0 heterocycles. The molecule has 36 heavy (non-hydrogen) atoms. The van der Waals surface area contributed by atoms with E-state index in [0.29, 0.717) is 11.1 Å². The number of phenolic OH excluding ortho intramolecular Hbond substituents is 1. The van der Waals surface area contributed by atoms with Crippen LogP contribution in [-0.2, 0) is 15.7 Å². The zero-order valence-electron chi connectivity index (χ0n) is 19.2. The van der Waals surface area contributed by atoms with Crippen LogP contribution in [0.3, 0.4) is 0 Å². The van der Waals surface area contributed by atoms with Crippen LogP contribution in [0.4, 0.5) is 13.2 Å². The van der Waals surface area contributed by atoms with Gasteiger partial charge >= 0.3 is 11.5 Å². The Hall–Kier alpha value is -4.63. The number of hydrogen-bond acceptors (Lipinski definition) is 4. The smallest absolute Gasteiger partial charge is 0.343 e. The quantitative estimate of drug-likeness (QED) is 0.448. The highest BCUT2D eigenvalue weighted by molar-refractivity contribution is 6.07. The van der Waals surface area contributed by atoms with Gasteiger partial charge in [-0.3, -0.25) is 9.64 Å². The van der Waals surface area contributed by atoms with E-state index in [1.165, 1.54) is 36.4 Å². The number of rotatable bonds is 3. The number of allylic oxidation sites excluding steroid dienone is 5. The average molecular weight is 490 g/mol.